The van der Waals surface area contributed by atoms with Gasteiger partial charge in [0.25, 0.3) is 0 Å². The molecule has 0 bridgehead atoms. The molecule has 0 saturated heterocycles. The highest BCUT2D eigenvalue weighted by atomic mass is 16.5. The van der Waals surface area contributed by atoms with Gasteiger partial charge in [-0.2, -0.15) is 0 Å². The van der Waals surface area contributed by atoms with E-state index in [0.29, 0.717) is 11.4 Å². The minimum Gasteiger partial charge on any atom is -0.465 e. The predicted octanol–water partition coefficient (Wildman–Crippen LogP) is 1.57. The van der Waals surface area contributed by atoms with Crippen molar-refractivity contribution < 1.29 is 19.5 Å². The van der Waals surface area contributed by atoms with E-state index < -0.39 is 12.0 Å². The molecule has 0 spiro atoms. The first-order valence-corrected chi connectivity index (χ1v) is 6.06. The summed E-state index contributed by atoms with van der Waals surface area (Å²) in [5.41, 5.74) is 1.77. The van der Waals surface area contributed by atoms with Crippen LogP contribution in [0.1, 0.15) is 19.4 Å². The minimum absolute atomic E-state index is 0.186. The number of rotatable bonds is 5. The number of nitrogens with one attached hydrogen (secondary N) is 2. The summed E-state index contributed by atoms with van der Waals surface area (Å²) in [4.78, 5) is 22.6. The van der Waals surface area contributed by atoms with Gasteiger partial charge in [-0.05, 0) is 31.5 Å². The zero-order valence-electron chi connectivity index (χ0n) is 11.3. The maximum absolute atomic E-state index is 11.5. The molecule has 0 fully saturated rings. The van der Waals surface area contributed by atoms with E-state index in [2.05, 4.69) is 20.5 Å². The summed E-state index contributed by atoms with van der Waals surface area (Å²) in [7, 11) is 0. The summed E-state index contributed by atoms with van der Waals surface area (Å²) in [6.07, 6.45) is 0. The molecule has 3 N–H and O–H groups in total. The Hall–Kier alpha value is -2.57. The summed E-state index contributed by atoms with van der Waals surface area (Å²) < 4.78 is 4.68. The molecular formula is C13H17N3O4. The van der Waals surface area contributed by atoms with E-state index in [1.165, 1.54) is 0 Å². The molecule has 2 amide bonds. The van der Waals surface area contributed by atoms with Crippen molar-refractivity contribution in [1.29, 1.82) is 0 Å². The number of benzene rings is 1. The topological polar surface area (TPSA) is 100 Å². The van der Waals surface area contributed by atoms with Gasteiger partial charge in [0.05, 0.1) is 12.3 Å². The number of hydrogen-bond donors (Lipinski definition) is 3. The van der Waals surface area contributed by atoms with E-state index in [0.717, 1.165) is 5.56 Å². The number of anilines is 1. The largest absolute Gasteiger partial charge is 0.465 e. The number of nitrogens with zero attached hydrogens (tertiary/aromatic N) is 1. The Balaban J connectivity index is 2.48. The fraction of sp³-hybridized carbons (Fsp3) is 0.308. The molecule has 1 rings (SSSR count). The van der Waals surface area contributed by atoms with E-state index in [4.69, 9.17) is 5.21 Å². The highest BCUT2D eigenvalue weighted by molar-refractivity contribution is 5.99. The Morgan fingerprint density at radius 1 is 1.30 bits per heavy atom. The van der Waals surface area contributed by atoms with Crippen LogP contribution in [0.25, 0.3) is 0 Å². The molecule has 108 valence electrons. The van der Waals surface area contributed by atoms with Crippen LogP contribution in [0.4, 0.5) is 10.5 Å². The lowest BCUT2D eigenvalue weighted by Crippen LogP contribution is -2.34. The number of urea groups is 1. The monoisotopic (exact) mass is 279 g/mol. The fourth-order valence-corrected chi connectivity index (χ4v) is 1.39. The molecule has 0 atom stereocenters. The molecule has 7 heteroatoms. The van der Waals surface area contributed by atoms with Gasteiger partial charge in [0.1, 0.15) is 6.54 Å². The number of oxime groups is 1. The minimum atomic E-state index is -0.502. The van der Waals surface area contributed by atoms with E-state index in [9.17, 15) is 9.59 Å². The predicted molar refractivity (Wildman–Crippen MR) is 74.1 cm³/mol. The van der Waals surface area contributed by atoms with E-state index in [1.54, 1.807) is 38.1 Å². The Bertz CT molecular complexity index is 497. The lowest BCUT2D eigenvalue weighted by Gasteiger charge is -2.07. The third-order valence-corrected chi connectivity index (χ3v) is 2.41. The second-order valence-corrected chi connectivity index (χ2v) is 3.88. The van der Waals surface area contributed by atoms with Crippen LogP contribution in [0.5, 0.6) is 0 Å². The lowest BCUT2D eigenvalue weighted by molar-refractivity contribution is -0.141. The molecule has 0 radical (unpaired) electrons. The smallest absolute Gasteiger partial charge is 0.325 e. The number of hydrogen-bond acceptors (Lipinski definition) is 5. The number of ether oxygens (including phenoxy) is 1. The molecule has 1 aromatic rings. The Morgan fingerprint density at radius 2 is 1.95 bits per heavy atom. The van der Waals surface area contributed by atoms with Gasteiger partial charge in [0.2, 0.25) is 0 Å². The Labute approximate surface area is 116 Å². The van der Waals surface area contributed by atoms with Crippen molar-refractivity contribution in [2.75, 3.05) is 18.5 Å². The highest BCUT2D eigenvalue weighted by Gasteiger charge is 2.06. The number of amides is 2. The van der Waals surface area contributed by atoms with Crippen molar-refractivity contribution in [3.05, 3.63) is 29.8 Å². The number of carbonyl (C=O) groups is 2. The van der Waals surface area contributed by atoms with Crippen molar-refractivity contribution in [2.24, 2.45) is 5.16 Å². The van der Waals surface area contributed by atoms with Crippen molar-refractivity contribution >= 4 is 23.4 Å². The molecule has 1 aromatic carbocycles. The van der Waals surface area contributed by atoms with Gasteiger partial charge >= 0.3 is 12.0 Å². The Morgan fingerprint density at radius 3 is 2.50 bits per heavy atom. The standard InChI is InChI=1S/C13H17N3O4/c1-3-20-12(17)8-14-13(18)15-11-6-4-10(5-7-11)9(2)16-19/h4-7,19H,3,8H2,1-2H3,(H2,14,15,18). The van der Waals surface area contributed by atoms with Crippen LogP contribution in [-0.4, -0.2) is 36.1 Å². The summed E-state index contributed by atoms with van der Waals surface area (Å²) >= 11 is 0. The normalized spacial score (nSPS) is 10.8. The fourth-order valence-electron chi connectivity index (χ4n) is 1.39. The van der Waals surface area contributed by atoms with Crippen LogP contribution in [-0.2, 0) is 9.53 Å². The van der Waals surface area contributed by atoms with Crippen molar-refractivity contribution in [3.8, 4) is 0 Å². The molecular weight excluding hydrogens is 262 g/mol. The molecule has 7 nitrogen and oxygen atoms in total. The first-order valence-electron chi connectivity index (χ1n) is 6.06. The maximum atomic E-state index is 11.5. The first-order chi connectivity index (χ1) is 9.56. The first kappa shape index (κ1) is 15.5. The molecule has 0 aromatic heterocycles. The zero-order chi connectivity index (χ0) is 15.0. The van der Waals surface area contributed by atoms with Crippen LogP contribution < -0.4 is 10.6 Å². The molecule has 0 aliphatic rings. The van der Waals surface area contributed by atoms with Gasteiger partial charge in [0.15, 0.2) is 0 Å². The Kier molecular flexibility index (Phi) is 6.02. The SMILES string of the molecule is CCOC(=O)CNC(=O)Nc1ccc(C(C)=NO)cc1. The van der Waals surface area contributed by atoms with E-state index in [-0.39, 0.29) is 13.2 Å². The van der Waals surface area contributed by atoms with E-state index in [1.807, 2.05) is 0 Å². The average molecular weight is 279 g/mol. The molecule has 0 aliphatic carbocycles. The molecule has 0 saturated carbocycles. The molecule has 0 heterocycles. The number of carbonyl (C=O) groups excluding carboxylic acids is 2. The van der Waals surface area contributed by atoms with E-state index >= 15 is 0 Å². The van der Waals surface area contributed by atoms with Gasteiger partial charge in [-0.3, -0.25) is 4.79 Å². The quantitative estimate of drug-likeness (QED) is 0.329. The van der Waals surface area contributed by atoms with Gasteiger partial charge in [-0.1, -0.05) is 17.3 Å². The second kappa shape index (κ2) is 7.78. The van der Waals surface area contributed by atoms with Crippen LogP contribution in [0.15, 0.2) is 29.4 Å². The van der Waals surface area contributed by atoms with Crippen LogP contribution >= 0.6 is 0 Å². The molecule has 0 unspecified atom stereocenters. The lowest BCUT2D eigenvalue weighted by atomic mass is 10.1. The van der Waals surface area contributed by atoms with Gasteiger partial charge in [0, 0.05) is 5.69 Å². The summed E-state index contributed by atoms with van der Waals surface area (Å²) in [6, 6.07) is 6.23. The van der Waals surface area contributed by atoms with Gasteiger partial charge in [-0.15, -0.1) is 0 Å². The summed E-state index contributed by atoms with van der Waals surface area (Å²) in [5, 5.41) is 16.7. The second-order valence-electron chi connectivity index (χ2n) is 3.88. The average Bonchev–Trinajstić information content (AvgIpc) is 2.45. The van der Waals surface area contributed by atoms with Crippen LogP contribution in [0, 0.1) is 0 Å². The molecule has 0 aliphatic heterocycles. The van der Waals surface area contributed by atoms with Crippen molar-refractivity contribution in [1.82, 2.24) is 5.32 Å². The highest BCUT2D eigenvalue weighted by Crippen LogP contribution is 2.10. The van der Waals surface area contributed by atoms with Crippen LogP contribution in [0.3, 0.4) is 0 Å². The maximum Gasteiger partial charge on any atom is 0.325 e. The van der Waals surface area contributed by atoms with Crippen LogP contribution in [0.2, 0.25) is 0 Å². The third kappa shape index (κ3) is 4.97. The van der Waals surface area contributed by atoms with Gasteiger partial charge in [-0.25, -0.2) is 4.79 Å². The summed E-state index contributed by atoms with van der Waals surface area (Å²) in [6.45, 7) is 3.44. The zero-order valence-corrected chi connectivity index (χ0v) is 11.3. The number of esters is 1. The van der Waals surface area contributed by atoms with Crippen molar-refractivity contribution in [3.63, 3.8) is 0 Å². The van der Waals surface area contributed by atoms with Crippen molar-refractivity contribution in [2.45, 2.75) is 13.8 Å². The third-order valence-electron chi connectivity index (χ3n) is 2.41. The molecule has 20 heavy (non-hydrogen) atoms. The summed E-state index contributed by atoms with van der Waals surface area (Å²) in [5.74, 6) is -0.493. The van der Waals surface area contributed by atoms with Gasteiger partial charge < -0.3 is 20.6 Å².